The topological polar surface area (TPSA) is 66.5 Å². The van der Waals surface area contributed by atoms with E-state index in [2.05, 4.69) is 4.72 Å². The average molecular weight is 469 g/mol. The van der Waals surface area contributed by atoms with Gasteiger partial charge in [-0.15, -0.1) is 34.0 Å². The van der Waals surface area contributed by atoms with Crippen LogP contribution < -0.4 is 4.72 Å². The number of rotatable bonds is 11. The summed E-state index contributed by atoms with van der Waals surface area (Å²) in [5, 5.41) is 5.69. The summed E-state index contributed by atoms with van der Waals surface area (Å²) in [4.78, 5) is 17.4. The smallest absolute Gasteiger partial charge is 0.250 e. The van der Waals surface area contributed by atoms with E-state index in [-0.39, 0.29) is 10.1 Å². The molecule has 9 heteroatoms. The summed E-state index contributed by atoms with van der Waals surface area (Å²) in [7, 11) is -3.72. The Balaban J connectivity index is 1.83. The van der Waals surface area contributed by atoms with Crippen molar-refractivity contribution >= 4 is 49.9 Å². The Bertz CT molecular complexity index is 929. The minimum Gasteiger partial charge on any atom is -0.331 e. The number of hydrogen-bond acceptors (Lipinski definition) is 6. The van der Waals surface area contributed by atoms with Crippen molar-refractivity contribution in [3.63, 3.8) is 0 Å². The molecule has 0 spiro atoms. The fourth-order valence-electron chi connectivity index (χ4n) is 2.92. The van der Waals surface area contributed by atoms with Crippen molar-refractivity contribution in [3.05, 3.63) is 62.3 Å². The van der Waals surface area contributed by atoms with E-state index in [1.807, 2.05) is 41.9 Å². The van der Waals surface area contributed by atoms with Crippen LogP contribution >= 0.6 is 34.0 Å². The van der Waals surface area contributed by atoms with E-state index in [0.717, 1.165) is 33.9 Å². The second kappa shape index (κ2) is 10.5. The molecule has 29 heavy (non-hydrogen) atoms. The van der Waals surface area contributed by atoms with E-state index in [1.165, 1.54) is 0 Å². The Morgan fingerprint density at radius 2 is 1.59 bits per heavy atom. The molecule has 0 saturated carbocycles. The summed E-state index contributed by atoms with van der Waals surface area (Å²) in [6.45, 7) is 2.97. The molecule has 0 aliphatic carbocycles. The molecule has 0 radical (unpaired) electrons. The second-order valence-electron chi connectivity index (χ2n) is 6.60. The van der Waals surface area contributed by atoms with Gasteiger partial charge in [-0.05, 0) is 40.8 Å². The molecule has 0 aliphatic rings. The fourth-order valence-corrected chi connectivity index (χ4v) is 6.59. The first kappa shape index (κ1) is 22.2. The summed E-state index contributed by atoms with van der Waals surface area (Å²) in [5.74, 6) is -0.180. The highest BCUT2D eigenvalue weighted by Gasteiger charge is 2.30. The lowest BCUT2D eigenvalue weighted by Crippen LogP contribution is -2.47. The number of unbranched alkanes of at least 4 members (excludes halogenated alkanes) is 1. The number of carbonyl (C=O) groups excluding carboxylic acids is 1. The first-order valence-electron chi connectivity index (χ1n) is 9.39. The predicted molar refractivity (Wildman–Crippen MR) is 121 cm³/mol. The van der Waals surface area contributed by atoms with Crippen LogP contribution in [0, 0.1) is 0 Å². The van der Waals surface area contributed by atoms with Gasteiger partial charge in [-0.2, -0.15) is 4.72 Å². The Labute approximate surface area is 184 Å². The van der Waals surface area contributed by atoms with E-state index < -0.39 is 16.1 Å². The van der Waals surface area contributed by atoms with Crippen molar-refractivity contribution in [2.24, 2.45) is 0 Å². The first-order valence-corrected chi connectivity index (χ1v) is 13.5. The van der Waals surface area contributed by atoms with Crippen LogP contribution in [-0.4, -0.2) is 25.3 Å². The van der Waals surface area contributed by atoms with Gasteiger partial charge in [-0.1, -0.05) is 38.0 Å². The van der Waals surface area contributed by atoms with Crippen LogP contribution in [0.25, 0.3) is 0 Å². The highest BCUT2D eigenvalue weighted by molar-refractivity contribution is 7.91. The van der Waals surface area contributed by atoms with Crippen molar-refractivity contribution in [1.29, 1.82) is 0 Å². The number of amides is 1. The zero-order chi connectivity index (χ0) is 20.7. The molecule has 3 heterocycles. The Morgan fingerprint density at radius 3 is 2.07 bits per heavy atom. The van der Waals surface area contributed by atoms with Crippen molar-refractivity contribution in [3.8, 4) is 0 Å². The standard InChI is InChI=1S/C20H24N2O3S4/c1-2-3-9-18(21-29(24,25)19-10-6-13-28-19)20(23)22(14-16-7-4-11-26-16)15-17-8-5-12-27-17/h4-8,10-13,18,21H,2-3,9,14-15H2,1H3/t18-/m0/s1. The number of hydrogen-bond donors (Lipinski definition) is 1. The number of nitrogens with one attached hydrogen (secondary N) is 1. The molecule has 156 valence electrons. The molecule has 0 fully saturated rings. The molecule has 1 N–H and O–H groups in total. The van der Waals surface area contributed by atoms with Crippen molar-refractivity contribution in [2.45, 2.75) is 49.5 Å². The van der Waals surface area contributed by atoms with Gasteiger partial charge in [0.15, 0.2) is 0 Å². The third-order valence-electron chi connectivity index (χ3n) is 4.37. The third-order valence-corrected chi connectivity index (χ3v) is 8.96. The maximum Gasteiger partial charge on any atom is 0.250 e. The van der Waals surface area contributed by atoms with Gasteiger partial charge in [-0.25, -0.2) is 8.42 Å². The molecule has 0 saturated heterocycles. The van der Waals surface area contributed by atoms with E-state index in [1.54, 1.807) is 45.1 Å². The van der Waals surface area contributed by atoms with Crippen LogP contribution in [0.3, 0.4) is 0 Å². The van der Waals surface area contributed by atoms with Gasteiger partial charge in [0.2, 0.25) is 5.91 Å². The third kappa shape index (κ3) is 6.23. The maximum atomic E-state index is 13.5. The Hall–Kier alpha value is -1.52. The molecular weight excluding hydrogens is 444 g/mol. The Morgan fingerprint density at radius 1 is 1.00 bits per heavy atom. The number of carbonyl (C=O) groups is 1. The zero-order valence-corrected chi connectivity index (χ0v) is 19.4. The molecular formula is C20H24N2O3S4. The van der Waals surface area contributed by atoms with Gasteiger partial charge in [0.25, 0.3) is 10.0 Å². The van der Waals surface area contributed by atoms with Crippen LogP contribution in [0.5, 0.6) is 0 Å². The fraction of sp³-hybridized carbons (Fsp3) is 0.350. The first-order chi connectivity index (χ1) is 14.0. The lowest BCUT2D eigenvalue weighted by atomic mass is 10.1. The summed E-state index contributed by atoms with van der Waals surface area (Å²) in [6.07, 6.45) is 2.14. The summed E-state index contributed by atoms with van der Waals surface area (Å²) in [5.41, 5.74) is 0. The van der Waals surface area contributed by atoms with Crippen molar-refractivity contribution in [1.82, 2.24) is 9.62 Å². The monoisotopic (exact) mass is 468 g/mol. The van der Waals surface area contributed by atoms with Crippen LogP contribution in [0.4, 0.5) is 0 Å². The highest BCUT2D eigenvalue weighted by Crippen LogP contribution is 2.21. The average Bonchev–Trinajstić information content (AvgIpc) is 3.47. The van der Waals surface area contributed by atoms with Crippen LogP contribution in [-0.2, 0) is 27.9 Å². The SMILES string of the molecule is CCCC[C@H](NS(=O)(=O)c1cccs1)C(=O)N(Cc1cccs1)Cc1cccs1. The zero-order valence-electron chi connectivity index (χ0n) is 16.1. The molecule has 3 aromatic heterocycles. The molecule has 5 nitrogen and oxygen atoms in total. The maximum absolute atomic E-state index is 13.5. The van der Waals surface area contributed by atoms with E-state index in [4.69, 9.17) is 0 Å². The number of nitrogens with zero attached hydrogens (tertiary/aromatic N) is 1. The van der Waals surface area contributed by atoms with Crippen molar-refractivity contribution in [2.75, 3.05) is 0 Å². The normalized spacial score (nSPS) is 12.7. The van der Waals surface area contributed by atoms with Crippen LogP contribution in [0.15, 0.2) is 56.7 Å². The van der Waals surface area contributed by atoms with E-state index in [0.29, 0.717) is 19.5 Å². The molecule has 0 aliphatic heterocycles. The van der Waals surface area contributed by atoms with Gasteiger partial charge >= 0.3 is 0 Å². The van der Waals surface area contributed by atoms with Gasteiger partial charge in [0.1, 0.15) is 10.3 Å². The summed E-state index contributed by atoms with van der Waals surface area (Å²) >= 11 is 4.34. The summed E-state index contributed by atoms with van der Waals surface area (Å²) < 4.78 is 28.4. The second-order valence-corrected chi connectivity index (χ2v) is 11.6. The van der Waals surface area contributed by atoms with E-state index >= 15 is 0 Å². The predicted octanol–water partition coefficient (Wildman–Crippen LogP) is 4.94. The highest BCUT2D eigenvalue weighted by atomic mass is 32.2. The van der Waals surface area contributed by atoms with Crippen LogP contribution in [0.2, 0.25) is 0 Å². The quantitative estimate of drug-likeness (QED) is 0.434. The molecule has 1 amide bonds. The van der Waals surface area contributed by atoms with Crippen LogP contribution in [0.1, 0.15) is 35.9 Å². The minimum atomic E-state index is -3.72. The molecule has 0 unspecified atom stereocenters. The van der Waals surface area contributed by atoms with Gasteiger partial charge in [0.05, 0.1) is 13.1 Å². The molecule has 3 aromatic rings. The largest absolute Gasteiger partial charge is 0.331 e. The summed E-state index contributed by atoms with van der Waals surface area (Å²) in [6, 6.07) is 10.4. The minimum absolute atomic E-state index is 0.180. The molecule has 0 bridgehead atoms. The number of sulfonamides is 1. The van der Waals surface area contributed by atoms with Gasteiger partial charge < -0.3 is 4.90 Å². The molecule has 0 aromatic carbocycles. The van der Waals surface area contributed by atoms with Gasteiger partial charge in [-0.3, -0.25) is 4.79 Å². The Kier molecular flexibility index (Phi) is 8.02. The lowest BCUT2D eigenvalue weighted by molar-refractivity contribution is -0.134. The lowest BCUT2D eigenvalue weighted by Gasteiger charge is -2.27. The molecule has 3 rings (SSSR count). The van der Waals surface area contributed by atoms with Crippen molar-refractivity contribution < 1.29 is 13.2 Å². The number of thiophene rings is 3. The van der Waals surface area contributed by atoms with E-state index in [9.17, 15) is 13.2 Å². The van der Waals surface area contributed by atoms with Gasteiger partial charge in [0, 0.05) is 9.75 Å². The molecule has 1 atom stereocenters.